The number of rotatable bonds is 1. The molecular weight excluding hydrogens is 248 g/mol. The fourth-order valence-electron chi connectivity index (χ4n) is 2.82. The number of hydrogen-bond donors (Lipinski definition) is 0. The summed E-state index contributed by atoms with van der Waals surface area (Å²) in [5.74, 6) is 0. The maximum atomic E-state index is 5.87. The average molecular weight is 262 g/mol. The molecule has 2 heteroatoms. The Morgan fingerprint density at radius 2 is 1.80 bits per heavy atom. The van der Waals surface area contributed by atoms with Gasteiger partial charge in [-0.05, 0) is 22.8 Å². The number of fused-ring (bicyclic) bond motifs is 2. The van der Waals surface area contributed by atoms with Crippen molar-refractivity contribution in [3.8, 4) is 0 Å². The minimum absolute atomic E-state index is 0.0994. The highest BCUT2D eigenvalue weighted by molar-refractivity contribution is 5.75. The molecule has 1 unspecified atom stereocenters. The van der Waals surface area contributed by atoms with Crippen LogP contribution in [-0.4, -0.2) is 0 Å². The first-order valence-electron chi connectivity index (χ1n) is 6.74. The fraction of sp³-hybridized carbons (Fsp3) is 0.111. The lowest BCUT2D eigenvalue weighted by Gasteiger charge is -2.28. The van der Waals surface area contributed by atoms with Crippen LogP contribution in [0.15, 0.2) is 61.1 Å². The molecule has 1 atom stereocenters. The van der Waals surface area contributed by atoms with Crippen molar-refractivity contribution in [1.29, 1.82) is 0 Å². The van der Waals surface area contributed by atoms with Crippen LogP contribution in [0, 0.1) is 0 Å². The molecule has 0 spiro atoms. The van der Waals surface area contributed by atoms with Crippen LogP contribution in [0.5, 0.6) is 0 Å². The van der Waals surface area contributed by atoms with Crippen LogP contribution >= 0.6 is 0 Å². The van der Waals surface area contributed by atoms with Gasteiger partial charge < -0.3 is 9.47 Å². The average Bonchev–Trinajstić information content (AvgIpc) is 2.54. The normalized spacial score (nSPS) is 19.2. The summed E-state index contributed by atoms with van der Waals surface area (Å²) in [6, 6.07) is 16.7. The van der Waals surface area contributed by atoms with Gasteiger partial charge in [0.1, 0.15) is 6.61 Å². The highest BCUT2D eigenvalue weighted by atomic mass is 16.5. The second kappa shape index (κ2) is 4.57. The van der Waals surface area contributed by atoms with Gasteiger partial charge in [-0.2, -0.15) is 0 Å². The van der Waals surface area contributed by atoms with E-state index in [2.05, 4.69) is 30.3 Å². The van der Waals surface area contributed by atoms with Gasteiger partial charge in [0.15, 0.2) is 6.10 Å². The Morgan fingerprint density at radius 3 is 2.80 bits per heavy atom. The van der Waals surface area contributed by atoms with E-state index in [-0.39, 0.29) is 6.10 Å². The van der Waals surface area contributed by atoms with E-state index in [1.165, 1.54) is 22.3 Å². The monoisotopic (exact) mass is 262 g/mol. The number of hydrogen-bond acceptors (Lipinski definition) is 2. The molecule has 0 N–H and O–H groups in total. The second-order valence-electron chi connectivity index (χ2n) is 4.99. The molecule has 2 heterocycles. The summed E-state index contributed by atoms with van der Waals surface area (Å²) in [7, 11) is 0. The molecule has 0 saturated heterocycles. The topological polar surface area (TPSA) is 18.5 Å². The van der Waals surface area contributed by atoms with Crippen molar-refractivity contribution in [2.45, 2.75) is 12.7 Å². The van der Waals surface area contributed by atoms with Gasteiger partial charge in [0.2, 0.25) is 0 Å². The van der Waals surface area contributed by atoms with Gasteiger partial charge in [0.05, 0.1) is 12.5 Å². The molecule has 0 radical (unpaired) electrons. The molecule has 0 saturated carbocycles. The number of ether oxygens (including phenoxy) is 2. The van der Waals surface area contributed by atoms with E-state index in [1.807, 2.05) is 30.5 Å². The van der Waals surface area contributed by atoms with Crippen LogP contribution in [0.1, 0.15) is 28.4 Å². The van der Waals surface area contributed by atoms with E-state index >= 15 is 0 Å². The first-order chi connectivity index (χ1) is 9.93. The molecule has 0 aliphatic carbocycles. The lowest BCUT2D eigenvalue weighted by molar-refractivity contribution is 0.182. The molecule has 2 aromatic rings. The molecule has 2 aromatic carbocycles. The van der Waals surface area contributed by atoms with E-state index in [9.17, 15) is 0 Å². The van der Waals surface area contributed by atoms with Crippen LogP contribution in [0.4, 0.5) is 0 Å². The Labute approximate surface area is 118 Å². The highest BCUT2D eigenvalue weighted by Crippen LogP contribution is 2.40. The molecule has 0 amide bonds. The summed E-state index contributed by atoms with van der Waals surface area (Å²) in [6.07, 6.45) is 5.51. The molecule has 0 bridgehead atoms. The van der Waals surface area contributed by atoms with E-state index in [4.69, 9.17) is 9.47 Å². The van der Waals surface area contributed by atoms with Crippen LogP contribution < -0.4 is 0 Å². The largest absolute Gasteiger partial charge is 0.496 e. The quantitative estimate of drug-likeness (QED) is 0.762. The van der Waals surface area contributed by atoms with Crippen LogP contribution in [-0.2, 0) is 16.1 Å². The van der Waals surface area contributed by atoms with Crippen molar-refractivity contribution in [2.75, 3.05) is 0 Å². The van der Waals surface area contributed by atoms with E-state index < -0.39 is 0 Å². The van der Waals surface area contributed by atoms with Gasteiger partial charge in [-0.15, -0.1) is 0 Å². The van der Waals surface area contributed by atoms with Crippen molar-refractivity contribution < 1.29 is 9.47 Å². The molecule has 0 fully saturated rings. The lowest BCUT2D eigenvalue weighted by atomic mass is 9.89. The van der Waals surface area contributed by atoms with E-state index in [0.29, 0.717) is 6.61 Å². The maximum absolute atomic E-state index is 5.87. The van der Waals surface area contributed by atoms with E-state index in [1.54, 1.807) is 6.26 Å². The zero-order valence-electron chi connectivity index (χ0n) is 11.0. The van der Waals surface area contributed by atoms with Gasteiger partial charge in [-0.3, -0.25) is 0 Å². The third-order valence-corrected chi connectivity index (χ3v) is 3.80. The third-order valence-electron chi connectivity index (χ3n) is 3.80. The second-order valence-corrected chi connectivity index (χ2v) is 4.99. The Hall–Kier alpha value is -2.48. The predicted molar refractivity (Wildman–Crippen MR) is 78.5 cm³/mol. The molecule has 2 aliphatic rings. The Balaban J connectivity index is 1.83. The SMILES string of the molecule is C1=Cc2ccccc2C(C2=COCc3ccccc32)O1. The van der Waals surface area contributed by atoms with Crippen molar-refractivity contribution in [1.82, 2.24) is 0 Å². The summed E-state index contributed by atoms with van der Waals surface area (Å²) in [4.78, 5) is 0. The molecule has 20 heavy (non-hydrogen) atoms. The molecule has 4 rings (SSSR count). The van der Waals surface area contributed by atoms with Crippen LogP contribution in [0.2, 0.25) is 0 Å². The zero-order valence-corrected chi connectivity index (χ0v) is 11.0. The first kappa shape index (κ1) is 11.4. The van der Waals surface area contributed by atoms with Crippen molar-refractivity contribution in [3.63, 3.8) is 0 Å². The van der Waals surface area contributed by atoms with Gasteiger partial charge in [-0.25, -0.2) is 0 Å². The molecule has 2 nitrogen and oxygen atoms in total. The van der Waals surface area contributed by atoms with Gasteiger partial charge in [0, 0.05) is 11.1 Å². The van der Waals surface area contributed by atoms with E-state index in [0.717, 1.165) is 5.57 Å². The van der Waals surface area contributed by atoms with Gasteiger partial charge in [-0.1, -0.05) is 48.5 Å². The van der Waals surface area contributed by atoms with Crippen LogP contribution in [0.25, 0.3) is 11.6 Å². The zero-order chi connectivity index (χ0) is 13.4. The Kier molecular flexibility index (Phi) is 2.59. The highest BCUT2D eigenvalue weighted by Gasteiger charge is 2.27. The Morgan fingerprint density at radius 1 is 0.950 bits per heavy atom. The number of benzene rings is 2. The summed E-state index contributed by atoms with van der Waals surface area (Å²) in [5.41, 5.74) is 5.90. The lowest BCUT2D eigenvalue weighted by Crippen LogP contribution is -2.13. The molecule has 2 aliphatic heterocycles. The summed E-state index contributed by atoms with van der Waals surface area (Å²) in [5, 5.41) is 0. The van der Waals surface area contributed by atoms with Gasteiger partial charge >= 0.3 is 0 Å². The standard InChI is InChI=1S/C18H14O2/c1-4-8-16-13(5-1)9-10-20-18(16)17-12-19-11-14-6-2-3-7-15(14)17/h1-10,12,18H,11H2. The summed E-state index contributed by atoms with van der Waals surface area (Å²) < 4.78 is 11.5. The summed E-state index contributed by atoms with van der Waals surface area (Å²) >= 11 is 0. The van der Waals surface area contributed by atoms with Crippen molar-refractivity contribution >= 4 is 11.6 Å². The minimum atomic E-state index is -0.0994. The first-order valence-corrected chi connectivity index (χ1v) is 6.74. The maximum Gasteiger partial charge on any atom is 0.152 e. The van der Waals surface area contributed by atoms with Crippen LogP contribution in [0.3, 0.4) is 0 Å². The van der Waals surface area contributed by atoms with Gasteiger partial charge in [0.25, 0.3) is 0 Å². The fourth-order valence-corrected chi connectivity index (χ4v) is 2.82. The smallest absolute Gasteiger partial charge is 0.152 e. The third kappa shape index (κ3) is 1.73. The minimum Gasteiger partial charge on any atom is -0.496 e. The molecule has 98 valence electrons. The molecular formula is C18H14O2. The molecule has 0 aromatic heterocycles. The summed E-state index contributed by atoms with van der Waals surface area (Å²) in [6.45, 7) is 0.629. The van der Waals surface area contributed by atoms with Crippen molar-refractivity contribution in [2.24, 2.45) is 0 Å². The predicted octanol–water partition coefficient (Wildman–Crippen LogP) is 4.30. The van der Waals surface area contributed by atoms with Crippen molar-refractivity contribution in [3.05, 3.63) is 83.3 Å². The Bertz CT molecular complexity index is 713.